The van der Waals surface area contributed by atoms with Crippen LogP contribution in [0.4, 0.5) is 4.39 Å². The van der Waals surface area contributed by atoms with Crippen LogP contribution in [0.2, 0.25) is 0 Å². The van der Waals surface area contributed by atoms with Crippen molar-refractivity contribution in [2.24, 2.45) is 5.92 Å². The Balaban J connectivity index is 2.19. The highest BCUT2D eigenvalue weighted by Gasteiger charge is 2.17. The van der Waals surface area contributed by atoms with Crippen molar-refractivity contribution in [2.45, 2.75) is 19.9 Å². The molecule has 0 spiro atoms. The van der Waals surface area contributed by atoms with Gasteiger partial charge < -0.3 is 19.5 Å². The van der Waals surface area contributed by atoms with Crippen LogP contribution in [-0.4, -0.2) is 27.2 Å². The summed E-state index contributed by atoms with van der Waals surface area (Å²) >= 11 is 0. The van der Waals surface area contributed by atoms with Gasteiger partial charge >= 0.3 is 0 Å². The Kier molecular flexibility index (Phi) is 7.44. The maximum Gasteiger partial charge on any atom is 0.244 e. The molecule has 1 N–H and O–H groups in total. The van der Waals surface area contributed by atoms with Crippen molar-refractivity contribution in [1.29, 1.82) is 0 Å². The molecule has 2 aromatic rings. The number of hydrogen-bond acceptors (Lipinski definition) is 4. The molecule has 0 aliphatic rings. The van der Waals surface area contributed by atoms with Gasteiger partial charge in [0.25, 0.3) is 0 Å². The number of carbonyl (C=O) groups excluding carboxylic acids is 1. The van der Waals surface area contributed by atoms with Crippen LogP contribution in [0.25, 0.3) is 6.08 Å². The molecule has 0 saturated heterocycles. The number of halogens is 1. The van der Waals surface area contributed by atoms with E-state index in [-0.39, 0.29) is 23.7 Å². The smallest absolute Gasteiger partial charge is 0.244 e. The van der Waals surface area contributed by atoms with Crippen molar-refractivity contribution < 1.29 is 23.4 Å². The van der Waals surface area contributed by atoms with Crippen molar-refractivity contribution in [3.05, 3.63) is 59.4 Å². The van der Waals surface area contributed by atoms with E-state index in [0.29, 0.717) is 17.2 Å². The van der Waals surface area contributed by atoms with E-state index in [1.807, 2.05) is 13.8 Å². The molecule has 1 atom stereocenters. The molecule has 0 bridgehead atoms. The largest absolute Gasteiger partial charge is 0.493 e. The second kappa shape index (κ2) is 9.78. The number of ether oxygens (including phenoxy) is 3. The first-order chi connectivity index (χ1) is 13.4. The minimum Gasteiger partial charge on any atom is -0.493 e. The van der Waals surface area contributed by atoms with Gasteiger partial charge in [0.2, 0.25) is 11.7 Å². The molecule has 0 radical (unpaired) electrons. The molecule has 6 heteroatoms. The number of carbonyl (C=O) groups is 1. The van der Waals surface area contributed by atoms with Crippen LogP contribution in [0.3, 0.4) is 0 Å². The number of hydrogen-bond donors (Lipinski definition) is 1. The highest BCUT2D eigenvalue weighted by molar-refractivity contribution is 5.92. The SMILES string of the molecule is COc1cc(/C=C/C(=O)N[C@@H](c2ccc(F)cc2)C(C)C)cc(OC)c1OC. The summed E-state index contributed by atoms with van der Waals surface area (Å²) in [6.07, 6.45) is 3.11. The Bertz CT molecular complexity index is 806. The highest BCUT2D eigenvalue weighted by atomic mass is 19.1. The van der Waals surface area contributed by atoms with E-state index in [2.05, 4.69) is 5.32 Å². The minimum absolute atomic E-state index is 0.143. The summed E-state index contributed by atoms with van der Waals surface area (Å²) in [5.41, 5.74) is 1.58. The Hall–Kier alpha value is -3.02. The van der Waals surface area contributed by atoms with Crippen molar-refractivity contribution in [2.75, 3.05) is 21.3 Å². The third kappa shape index (κ3) is 5.25. The molecule has 0 aliphatic carbocycles. The van der Waals surface area contributed by atoms with Crippen LogP contribution < -0.4 is 19.5 Å². The Labute approximate surface area is 165 Å². The predicted molar refractivity (Wildman–Crippen MR) is 107 cm³/mol. The van der Waals surface area contributed by atoms with Gasteiger partial charge in [-0.1, -0.05) is 26.0 Å². The van der Waals surface area contributed by atoms with E-state index in [9.17, 15) is 9.18 Å². The van der Waals surface area contributed by atoms with Crippen LogP contribution in [0.1, 0.15) is 31.0 Å². The van der Waals surface area contributed by atoms with E-state index in [1.165, 1.54) is 39.5 Å². The monoisotopic (exact) mass is 387 g/mol. The Morgan fingerprint density at radius 1 is 1.00 bits per heavy atom. The standard InChI is InChI=1S/C22H26FNO4/c1-14(2)21(16-7-9-17(23)10-8-16)24-20(25)11-6-15-12-18(26-3)22(28-5)19(13-15)27-4/h6-14,21H,1-5H3,(H,24,25)/b11-6+/t21-/m1/s1. The molecule has 1 amide bonds. The molecule has 0 aromatic heterocycles. The zero-order valence-corrected chi connectivity index (χ0v) is 16.8. The molecule has 5 nitrogen and oxygen atoms in total. The maximum atomic E-state index is 13.2. The summed E-state index contributed by atoms with van der Waals surface area (Å²) in [6.45, 7) is 3.99. The number of amides is 1. The van der Waals surface area contributed by atoms with Gasteiger partial charge in [-0.3, -0.25) is 4.79 Å². The summed E-state index contributed by atoms with van der Waals surface area (Å²) in [6, 6.07) is 9.44. The van der Waals surface area contributed by atoms with Crippen LogP contribution in [-0.2, 0) is 4.79 Å². The minimum atomic E-state index is -0.306. The van der Waals surface area contributed by atoms with Crippen LogP contribution in [0.5, 0.6) is 17.2 Å². The number of rotatable bonds is 8. The van der Waals surface area contributed by atoms with Crippen molar-refractivity contribution in [3.63, 3.8) is 0 Å². The van der Waals surface area contributed by atoms with Crippen molar-refractivity contribution >= 4 is 12.0 Å². The molecule has 150 valence electrons. The summed E-state index contributed by atoms with van der Waals surface area (Å²) in [5, 5.41) is 2.97. The maximum absolute atomic E-state index is 13.2. The molecule has 0 unspecified atom stereocenters. The second-order valence-corrected chi connectivity index (χ2v) is 6.57. The molecular weight excluding hydrogens is 361 g/mol. The summed E-state index contributed by atoms with van der Waals surface area (Å²) in [4.78, 5) is 12.4. The normalized spacial score (nSPS) is 12.1. The summed E-state index contributed by atoms with van der Waals surface area (Å²) in [5.74, 6) is 1.09. The van der Waals surface area contributed by atoms with Gasteiger partial charge in [0, 0.05) is 6.08 Å². The Morgan fingerprint density at radius 3 is 2.04 bits per heavy atom. The summed E-state index contributed by atoms with van der Waals surface area (Å²) < 4.78 is 29.1. The van der Waals surface area contributed by atoms with Gasteiger partial charge in [-0.25, -0.2) is 4.39 Å². The molecule has 2 rings (SSSR count). The number of benzene rings is 2. The van der Waals surface area contributed by atoms with E-state index in [0.717, 1.165) is 11.1 Å². The number of methoxy groups -OCH3 is 3. The first-order valence-corrected chi connectivity index (χ1v) is 8.93. The lowest BCUT2D eigenvalue weighted by Crippen LogP contribution is -2.30. The molecule has 0 saturated carbocycles. The van der Waals surface area contributed by atoms with E-state index in [1.54, 1.807) is 30.3 Å². The molecule has 0 fully saturated rings. The molecule has 2 aromatic carbocycles. The average molecular weight is 387 g/mol. The number of nitrogens with one attached hydrogen (secondary N) is 1. The first kappa shape index (κ1) is 21.3. The van der Waals surface area contributed by atoms with E-state index in [4.69, 9.17) is 14.2 Å². The van der Waals surface area contributed by atoms with Gasteiger partial charge in [0.05, 0.1) is 27.4 Å². The topological polar surface area (TPSA) is 56.8 Å². The molecule has 0 aliphatic heterocycles. The van der Waals surface area contributed by atoms with Gasteiger partial charge in [-0.15, -0.1) is 0 Å². The molecular formula is C22H26FNO4. The lowest BCUT2D eigenvalue weighted by atomic mass is 9.96. The third-order valence-corrected chi connectivity index (χ3v) is 4.31. The fraction of sp³-hybridized carbons (Fsp3) is 0.318. The fourth-order valence-electron chi connectivity index (χ4n) is 2.88. The lowest BCUT2D eigenvalue weighted by Gasteiger charge is -2.22. The van der Waals surface area contributed by atoms with Gasteiger partial charge in [0.1, 0.15) is 5.82 Å². The summed E-state index contributed by atoms with van der Waals surface area (Å²) in [7, 11) is 4.60. The van der Waals surface area contributed by atoms with Crippen molar-refractivity contribution in [3.8, 4) is 17.2 Å². The zero-order chi connectivity index (χ0) is 20.7. The first-order valence-electron chi connectivity index (χ1n) is 8.93. The average Bonchev–Trinajstić information content (AvgIpc) is 2.70. The second-order valence-electron chi connectivity index (χ2n) is 6.57. The van der Waals surface area contributed by atoms with Crippen LogP contribution in [0, 0.1) is 11.7 Å². The highest BCUT2D eigenvalue weighted by Crippen LogP contribution is 2.38. The van der Waals surface area contributed by atoms with Gasteiger partial charge in [-0.05, 0) is 47.4 Å². The van der Waals surface area contributed by atoms with Crippen LogP contribution >= 0.6 is 0 Å². The zero-order valence-electron chi connectivity index (χ0n) is 16.8. The van der Waals surface area contributed by atoms with E-state index >= 15 is 0 Å². The van der Waals surface area contributed by atoms with Crippen molar-refractivity contribution in [1.82, 2.24) is 5.32 Å². The Morgan fingerprint density at radius 2 is 1.57 bits per heavy atom. The lowest BCUT2D eigenvalue weighted by molar-refractivity contribution is -0.117. The quantitative estimate of drug-likeness (QED) is 0.683. The van der Waals surface area contributed by atoms with Gasteiger partial charge in [0.15, 0.2) is 11.5 Å². The van der Waals surface area contributed by atoms with E-state index < -0.39 is 0 Å². The molecule has 0 heterocycles. The molecule has 28 heavy (non-hydrogen) atoms. The van der Waals surface area contributed by atoms with Gasteiger partial charge in [-0.2, -0.15) is 0 Å². The van der Waals surface area contributed by atoms with Crippen LogP contribution in [0.15, 0.2) is 42.5 Å². The fourth-order valence-corrected chi connectivity index (χ4v) is 2.88. The predicted octanol–water partition coefficient (Wildman–Crippen LogP) is 4.38. The third-order valence-electron chi connectivity index (χ3n) is 4.31.